The van der Waals surface area contributed by atoms with Crippen molar-refractivity contribution >= 4 is 40.1 Å². The molecule has 0 aliphatic heterocycles. The molecule has 0 unspecified atom stereocenters. The lowest BCUT2D eigenvalue weighted by Gasteiger charge is -2.18. The Bertz CT molecular complexity index is 1290. The number of methoxy groups -OCH3 is 2. The Hall–Kier alpha value is -4.87. The van der Waals surface area contributed by atoms with E-state index in [1.807, 2.05) is 36.2 Å². The third kappa shape index (κ3) is 7.56. The Balaban J connectivity index is 1.75. The number of hydrogen-bond acceptors (Lipinski definition) is 10. The summed E-state index contributed by atoms with van der Waals surface area (Å²) in [5.41, 5.74) is 2.75. The number of nitro groups is 1. The molecule has 3 aromatic carbocycles. The fourth-order valence-corrected chi connectivity index (χ4v) is 3.26. The largest absolute Gasteiger partial charge is 0.494 e. The zero-order valence-corrected chi connectivity index (χ0v) is 20.6. The molecule has 0 atom stereocenters. The third-order valence-electron chi connectivity index (χ3n) is 5.26. The highest BCUT2D eigenvalue weighted by molar-refractivity contribution is 5.67. The standard InChI is InChI=1S/C25H26N6O6/c1-30(14-4-5-25(32)33)19-10-6-17(7-11-19)26-28-21-15-24(37-3)22(16-23(21)36-2)29-27-18-8-12-20(13-9-18)31(34)35/h6-13,15-16H,4-5,14H2,1-3H3,(H,32,33)/b28-26+,29-27+. The van der Waals surface area contributed by atoms with Gasteiger partial charge in [0.15, 0.2) is 0 Å². The van der Waals surface area contributed by atoms with Crippen molar-refractivity contribution in [3.05, 3.63) is 70.8 Å². The summed E-state index contributed by atoms with van der Waals surface area (Å²) in [4.78, 5) is 23.0. The molecule has 0 aliphatic rings. The summed E-state index contributed by atoms with van der Waals surface area (Å²) in [6.45, 7) is 0.623. The zero-order valence-electron chi connectivity index (χ0n) is 20.6. The first-order valence-corrected chi connectivity index (χ1v) is 11.2. The van der Waals surface area contributed by atoms with Crippen LogP contribution in [0.5, 0.6) is 11.5 Å². The summed E-state index contributed by atoms with van der Waals surface area (Å²) in [5, 5.41) is 36.5. The Morgan fingerprint density at radius 1 is 0.892 bits per heavy atom. The smallest absolute Gasteiger partial charge is 0.303 e. The number of carboxylic acids is 1. The molecule has 0 aromatic heterocycles. The van der Waals surface area contributed by atoms with Crippen LogP contribution in [0.15, 0.2) is 81.1 Å². The van der Waals surface area contributed by atoms with E-state index in [-0.39, 0.29) is 12.1 Å². The summed E-state index contributed by atoms with van der Waals surface area (Å²) in [5.74, 6) is -0.0208. The third-order valence-corrected chi connectivity index (χ3v) is 5.26. The van der Waals surface area contributed by atoms with Gasteiger partial charge in [-0.3, -0.25) is 14.9 Å². The normalized spacial score (nSPS) is 11.1. The van der Waals surface area contributed by atoms with Crippen LogP contribution in [-0.4, -0.2) is 43.8 Å². The second-order valence-electron chi connectivity index (χ2n) is 7.80. The fourth-order valence-electron chi connectivity index (χ4n) is 3.26. The Labute approximate surface area is 213 Å². The Kier molecular flexibility index (Phi) is 9.19. The molecule has 3 aromatic rings. The fraction of sp³-hybridized carbons (Fsp3) is 0.240. The molecule has 0 saturated heterocycles. The maximum atomic E-state index is 10.8. The van der Waals surface area contributed by atoms with Gasteiger partial charge in [0, 0.05) is 50.0 Å². The molecule has 0 bridgehead atoms. The number of aliphatic carboxylic acids is 1. The SMILES string of the molecule is COc1cc(/N=N/c2ccc([N+](=O)[O-])cc2)c(OC)cc1/N=N/c1ccc(N(C)CCCC(=O)O)cc1. The molecule has 12 heteroatoms. The first-order valence-electron chi connectivity index (χ1n) is 11.2. The zero-order chi connectivity index (χ0) is 26.8. The molecular weight excluding hydrogens is 480 g/mol. The minimum Gasteiger partial charge on any atom is -0.494 e. The van der Waals surface area contributed by atoms with Gasteiger partial charge in [0.25, 0.3) is 5.69 Å². The van der Waals surface area contributed by atoms with Gasteiger partial charge in [-0.05, 0) is 42.8 Å². The molecule has 3 rings (SSSR count). The van der Waals surface area contributed by atoms with E-state index in [2.05, 4.69) is 20.5 Å². The van der Waals surface area contributed by atoms with Crippen molar-refractivity contribution in [2.45, 2.75) is 12.8 Å². The van der Waals surface area contributed by atoms with Crippen molar-refractivity contribution in [3.8, 4) is 11.5 Å². The van der Waals surface area contributed by atoms with E-state index in [9.17, 15) is 14.9 Å². The molecule has 0 fully saturated rings. The van der Waals surface area contributed by atoms with E-state index in [0.29, 0.717) is 47.2 Å². The van der Waals surface area contributed by atoms with Crippen molar-refractivity contribution in [2.24, 2.45) is 20.5 Å². The number of carbonyl (C=O) groups is 1. The molecule has 192 valence electrons. The molecular formula is C25H26N6O6. The lowest BCUT2D eigenvalue weighted by atomic mass is 10.2. The molecule has 12 nitrogen and oxygen atoms in total. The van der Waals surface area contributed by atoms with Crippen LogP contribution in [0.2, 0.25) is 0 Å². The number of ether oxygens (including phenoxy) is 2. The van der Waals surface area contributed by atoms with E-state index in [1.54, 1.807) is 12.1 Å². The second kappa shape index (κ2) is 12.7. The number of azo groups is 2. The van der Waals surface area contributed by atoms with Crippen molar-refractivity contribution in [3.63, 3.8) is 0 Å². The average molecular weight is 507 g/mol. The number of nitrogens with zero attached hydrogens (tertiary/aromatic N) is 6. The molecule has 0 saturated carbocycles. The highest BCUT2D eigenvalue weighted by Crippen LogP contribution is 2.41. The number of anilines is 1. The number of rotatable bonds is 12. The van der Waals surface area contributed by atoms with Crippen LogP contribution < -0.4 is 14.4 Å². The van der Waals surface area contributed by atoms with Gasteiger partial charge in [0.1, 0.15) is 22.9 Å². The minimum atomic E-state index is -0.809. The molecule has 0 aliphatic carbocycles. The summed E-state index contributed by atoms with van der Waals surface area (Å²) in [6.07, 6.45) is 0.678. The number of carboxylic acid groups (broad SMARTS) is 1. The molecule has 0 spiro atoms. The van der Waals surface area contributed by atoms with Crippen molar-refractivity contribution in [1.29, 1.82) is 0 Å². The van der Waals surface area contributed by atoms with Crippen LogP contribution in [0.1, 0.15) is 12.8 Å². The maximum Gasteiger partial charge on any atom is 0.303 e. The lowest BCUT2D eigenvalue weighted by molar-refractivity contribution is -0.384. The predicted octanol–water partition coefficient (Wildman–Crippen LogP) is 6.74. The van der Waals surface area contributed by atoms with Gasteiger partial charge in [-0.25, -0.2) is 0 Å². The number of nitro benzene ring substituents is 1. The summed E-state index contributed by atoms with van der Waals surface area (Å²) in [7, 11) is 4.88. The van der Waals surface area contributed by atoms with Crippen LogP contribution in [0, 0.1) is 10.1 Å². The molecule has 37 heavy (non-hydrogen) atoms. The Morgan fingerprint density at radius 2 is 1.38 bits per heavy atom. The van der Waals surface area contributed by atoms with Gasteiger partial charge in [0.05, 0.1) is 30.5 Å². The van der Waals surface area contributed by atoms with Crippen LogP contribution in [0.3, 0.4) is 0 Å². The number of benzene rings is 3. The molecule has 0 amide bonds. The summed E-state index contributed by atoms with van der Waals surface area (Å²) >= 11 is 0. The lowest BCUT2D eigenvalue weighted by Crippen LogP contribution is -2.19. The Morgan fingerprint density at radius 3 is 1.81 bits per heavy atom. The van der Waals surface area contributed by atoms with Gasteiger partial charge in [-0.2, -0.15) is 10.2 Å². The maximum absolute atomic E-state index is 10.8. The van der Waals surface area contributed by atoms with E-state index < -0.39 is 10.9 Å². The van der Waals surface area contributed by atoms with E-state index in [1.165, 1.54) is 38.5 Å². The molecule has 0 radical (unpaired) electrons. The quantitative estimate of drug-likeness (QED) is 0.162. The number of hydrogen-bond donors (Lipinski definition) is 1. The van der Waals surface area contributed by atoms with Gasteiger partial charge in [-0.1, -0.05) is 0 Å². The monoisotopic (exact) mass is 506 g/mol. The van der Waals surface area contributed by atoms with Crippen molar-refractivity contribution in [2.75, 3.05) is 32.7 Å². The summed E-state index contributed by atoms with van der Waals surface area (Å²) < 4.78 is 10.9. The second-order valence-corrected chi connectivity index (χ2v) is 7.80. The van der Waals surface area contributed by atoms with Gasteiger partial charge >= 0.3 is 5.97 Å². The number of non-ortho nitro benzene ring substituents is 1. The highest BCUT2D eigenvalue weighted by Gasteiger charge is 2.12. The van der Waals surface area contributed by atoms with Gasteiger partial charge in [-0.15, -0.1) is 10.2 Å². The predicted molar refractivity (Wildman–Crippen MR) is 138 cm³/mol. The first kappa shape index (κ1) is 26.7. The van der Waals surface area contributed by atoms with Crippen molar-refractivity contribution < 1.29 is 24.3 Å². The van der Waals surface area contributed by atoms with Crippen LogP contribution in [0.4, 0.5) is 34.1 Å². The first-order chi connectivity index (χ1) is 17.8. The molecule has 0 heterocycles. The van der Waals surface area contributed by atoms with Gasteiger partial charge < -0.3 is 19.5 Å². The van der Waals surface area contributed by atoms with Crippen LogP contribution in [-0.2, 0) is 4.79 Å². The average Bonchev–Trinajstić information content (AvgIpc) is 2.90. The minimum absolute atomic E-state index is 0.0367. The summed E-state index contributed by atoms with van der Waals surface area (Å²) in [6, 6.07) is 16.3. The molecule has 1 N–H and O–H groups in total. The van der Waals surface area contributed by atoms with E-state index >= 15 is 0 Å². The van der Waals surface area contributed by atoms with Crippen molar-refractivity contribution in [1.82, 2.24) is 0 Å². The highest BCUT2D eigenvalue weighted by atomic mass is 16.6. The van der Waals surface area contributed by atoms with Crippen LogP contribution in [0.25, 0.3) is 0 Å². The van der Waals surface area contributed by atoms with E-state index in [0.717, 1.165) is 5.69 Å². The topological polar surface area (TPSA) is 152 Å². The van der Waals surface area contributed by atoms with Gasteiger partial charge in [0.2, 0.25) is 0 Å². The van der Waals surface area contributed by atoms with E-state index in [4.69, 9.17) is 14.6 Å². The van der Waals surface area contributed by atoms with Crippen LogP contribution >= 0.6 is 0 Å².